The summed E-state index contributed by atoms with van der Waals surface area (Å²) < 4.78 is 28.9. The van der Waals surface area contributed by atoms with E-state index in [1.165, 1.54) is 0 Å². The van der Waals surface area contributed by atoms with E-state index in [0.29, 0.717) is 28.2 Å². The lowest BCUT2D eigenvalue weighted by Gasteiger charge is -2.11. The largest absolute Gasteiger partial charge is 0.354 e. The van der Waals surface area contributed by atoms with E-state index in [1.807, 2.05) is 30.3 Å². The molecule has 2 N–H and O–H groups in total. The summed E-state index contributed by atoms with van der Waals surface area (Å²) in [5, 5.41) is 8.00. The molecule has 0 aliphatic heterocycles. The van der Waals surface area contributed by atoms with Crippen molar-refractivity contribution >= 4 is 55.1 Å². The highest BCUT2D eigenvalue weighted by molar-refractivity contribution is 14.1. The molecular weight excluding hydrogens is 491 g/mol. The van der Waals surface area contributed by atoms with Gasteiger partial charge in [0.05, 0.1) is 23.1 Å². The highest BCUT2D eigenvalue weighted by atomic mass is 127. The molecule has 1 saturated carbocycles. The van der Waals surface area contributed by atoms with Crippen LogP contribution in [0, 0.1) is 3.57 Å². The number of fused-ring (bicyclic) bond motifs is 1. The fourth-order valence-corrected chi connectivity index (χ4v) is 4.21. The number of sulfonamides is 1. The van der Waals surface area contributed by atoms with Crippen LogP contribution in [0.25, 0.3) is 16.6 Å². The predicted molar refractivity (Wildman–Crippen MR) is 118 cm³/mol. The van der Waals surface area contributed by atoms with Crippen LogP contribution in [0.2, 0.25) is 0 Å². The molecule has 0 saturated heterocycles. The minimum absolute atomic E-state index is 0.244. The Morgan fingerprint density at radius 1 is 1.21 bits per heavy atom. The van der Waals surface area contributed by atoms with E-state index in [4.69, 9.17) is 0 Å². The maximum absolute atomic E-state index is 12.7. The molecule has 1 aromatic heterocycles. The van der Waals surface area contributed by atoms with Gasteiger partial charge in [0.25, 0.3) is 5.91 Å². The van der Waals surface area contributed by atoms with Gasteiger partial charge in [0, 0.05) is 16.0 Å². The lowest BCUT2D eigenvalue weighted by Crippen LogP contribution is -2.21. The summed E-state index contributed by atoms with van der Waals surface area (Å²) in [5.41, 5.74) is 3.21. The fraction of sp³-hybridized carbons (Fsp3) is 0.263. The Morgan fingerprint density at radius 2 is 1.89 bits per heavy atom. The van der Waals surface area contributed by atoms with Gasteiger partial charge in [0.15, 0.2) is 0 Å². The molecule has 28 heavy (non-hydrogen) atoms. The summed E-state index contributed by atoms with van der Waals surface area (Å²) in [7, 11) is -1.84. The van der Waals surface area contributed by atoms with Gasteiger partial charge in [-0.3, -0.25) is 9.52 Å². The normalized spacial score (nSPS) is 14.2. The number of hydrogen-bond acceptors (Lipinski definition) is 4. The number of anilines is 1. The number of nitrogens with zero attached hydrogens (tertiary/aromatic N) is 2. The minimum atomic E-state index is -3.42. The highest BCUT2D eigenvalue weighted by Crippen LogP contribution is 2.45. The van der Waals surface area contributed by atoms with Crippen molar-refractivity contribution in [2.24, 2.45) is 0 Å². The number of halogens is 1. The summed E-state index contributed by atoms with van der Waals surface area (Å²) >= 11 is 2.22. The van der Waals surface area contributed by atoms with Crippen molar-refractivity contribution in [1.82, 2.24) is 15.1 Å². The average molecular weight is 510 g/mol. The van der Waals surface area contributed by atoms with E-state index < -0.39 is 10.0 Å². The van der Waals surface area contributed by atoms with Crippen molar-refractivity contribution < 1.29 is 13.2 Å². The molecular formula is C19H19IN4O3S. The third kappa shape index (κ3) is 3.72. The monoisotopic (exact) mass is 510 g/mol. The Balaban J connectivity index is 1.97. The van der Waals surface area contributed by atoms with Crippen LogP contribution in [0.15, 0.2) is 36.4 Å². The first kappa shape index (κ1) is 19.2. The third-order valence-corrected chi connectivity index (χ3v) is 5.98. The number of benzene rings is 2. The molecule has 1 amide bonds. The second-order valence-corrected chi connectivity index (χ2v) is 9.92. The summed E-state index contributed by atoms with van der Waals surface area (Å²) in [6.45, 7) is 0. The number of carbonyl (C=O) groups excluding carboxylic acids is 1. The number of hydrogen-bond donors (Lipinski definition) is 2. The molecule has 0 unspecified atom stereocenters. The van der Waals surface area contributed by atoms with Crippen molar-refractivity contribution in [3.63, 3.8) is 0 Å². The molecule has 1 aliphatic carbocycles. The molecule has 2 aromatic carbocycles. The van der Waals surface area contributed by atoms with Gasteiger partial charge < -0.3 is 5.32 Å². The molecule has 0 bridgehead atoms. The highest BCUT2D eigenvalue weighted by Gasteiger charge is 2.29. The molecule has 1 heterocycles. The molecule has 0 spiro atoms. The van der Waals surface area contributed by atoms with Crippen molar-refractivity contribution in [3.8, 4) is 5.69 Å². The maximum atomic E-state index is 12.7. The van der Waals surface area contributed by atoms with Gasteiger partial charge in [-0.1, -0.05) is 0 Å². The number of amides is 1. The summed E-state index contributed by atoms with van der Waals surface area (Å²) in [6.07, 6.45) is 3.14. The van der Waals surface area contributed by atoms with Gasteiger partial charge in [-0.15, -0.1) is 0 Å². The van der Waals surface area contributed by atoms with Crippen LogP contribution >= 0.6 is 22.6 Å². The SMILES string of the molecule is CNC(=O)c1c2cc(C3CC3)c(NS(C)(=O)=O)cc2nn1-c1ccc(I)cc1. The molecule has 1 fully saturated rings. The number of nitrogens with one attached hydrogen (secondary N) is 2. The summed E-state index contributed by atoms with van der Waals surface area (Å²) in [4.78, 5) is 12.7. The van der Waals surface area contributed by atoms with Crippen molar-refractivity contribution in [2.45, 2.75) is 18.8 Å². The zero-order valence-electron chi connectivity index (χ0n) is 15.4. The third-order valence-electron chi connectivity index (χ3n) is 4.67. The van der Waals surface area contributed by atoms with E-state index >= 15 is 0 Å². The van der Waals surface area contributed by atoms with Crippen LogP contribution < -0.4 is 10.0 Å². The second-order valence-electron chi connectivity index (χ2n) is 6.92. The predicted octanol–water partition coefficient (Wildman–Crippen LogP) is 3.24. The topological polar surface area (TPSA) is 93.1 Å². The molecule has 0 radical (unpaired) electrons. The standard InChI is InChI=1S/C19H19IN4O3S/c1-21-19(25)18-15-9-14(11-3-4-11)17(23-28(2,26)27)10-16(15)22-24(18)13-7-5-12(20)6-8-13/h5-11,23H,3-4H2,1-2H3,(H,21,25). The Morgan fingerprint density at radius 3 is 2.46 bits per heavy atom. The summed E-state index contributed by atoms with van der Waals surface area (Å²) in [6, 6.07) is 11.3. The van der Waals surface area contributed by atoms with Gasteiger partial charge in [-0.2, -0.15) is 5.10 Å². The molecule has 4 rings (SSSR count). The molecule has 1 aliphatic rings. The average Bonchev–Trinajstić information content (AvgIpc) is 3.41. The first-order valence-corrected chi connectivity index (χ1v) is 11.8. The maximum Gasteiger partial charge on any atom is 0.270 e. The van der Waals surface area contributed by atoms with Gasteiger partial charge in [0.1, 0.15) is 5.69 Å². The van der Waals surface area contributed by atoms with Crippen molar-refractivity contribution in [3.05, 3.63) is 51.2 Å². The van der Waals surface area contributed by atoms with Gasteiger partial charge in [-0.05, 0) is 83.3 Å². The molecule has 7 nitrogen and oxygen atoms in total. The fourth-order valence-electron chi connectivity index (χ4n) is 3.28. The van der Waals surface area contributed by atoms with E-state index in [0.717, 1.165) is 33.9 Å². The first-order valence-electron chi connectivity index (χ1n) is 8.79. The molecule has 9 heteroatoms. The Labute approximate surface area is 176 Å². The van der Waals surface area contributed by atoms with E-state index in [-0.39, 0.29) is 5.91 Å². The van der Waals surface area contributed by atoms with Crippen LogP contribution in [0.5, 0.6) is 0 Å². The van der Waals surface area contributed by atoms with Crippen LogP contribution in [-0.4, -0.2) is 37.4 Å². The van der Waals surface area contributed by atoms with Crippen LogP contribution in [0.3, 0.4) is 0 Å². The Hall–Kier alpha value is -2.14. The van der Waals surface area contributed by atoms with Gasteiger partial charge in [-0.25, -0.2) is 13.1 Å². The van der Waals surface area contributed by atoms with E-state index in [9.17, 15) is 13.2 Å². The Bertz CT molecular complexity index is 1180. The number of carbonyl (C=O) groups is 1. The second kappa shape index (κ2) is 7.03. The smallest absolute Gasteiger partial charge is 0.270 e. The van der Waals surface area contributed by atoms with Crippen LogP contribution in [0.1, 0.15) is 34.8 Å². The molecule has 3 aromatic rings. The van der Waals surface area contributed by atoms with Crippen molar-refractivity contribution in [1.29, 1.82) is 0 Å². The van der Waals surface area contributed by atoms with Crippen LogP contribution in [-0.2, 0) is 10.0 Å². The van der Waals surface area contributed by atoms with Crippen molar-refractivity contribution in [2.75, 3.05) is 18.0 Å². The number of rotatable bonds is 5. The quantitative estimate of drug-likeness (QED) is 0.516. The summed E-state index contributed by atoms with van der Waals surface area (Å²) in [5.74, 6) is 0.0551. The van der Waals surface area contributed by atoms with Crippen LogP contribution in [0.4, 0.5) is 5.69 Å². The first-order chi connectivity index (χ1) is 13.3. The number of aromatic nitrogens is 2. The molecule has 0 atom stereocenters. The zero-order chi connectivity index (χ0) is 20.1. The Kier molecular flexibility index (Phi) is 4.82. The molecule has 146 valence electrons. The van der Waals surface area contributed by atoms with E-state index in [2.05, 4.69) is 37.7 Å². The van der Waals surface area contributed by atoms with E-state index in [1.54, 1.807) is 17.8 Å². The van der Waals surface area contributed by atoms with Gasteiger partial charge >= 0.3 is 0 Å². The lowest BCUT2D eigenvalue weighted by molar-refractivity contribution is 0.0957. The zero-order valence-corrected chi connectivity index (χ0v) is 18.3. The minimum Gasteiger partial charge on any atom is -0.354 e. The lowest BCUT2D eigenvalue weighted by atomic mass is 10.0. The van der Waals surface area contributed by atoms with Gasteiger partial charge in [0.2, 0.25) is 10.0 Å².